The molecule has 1 aliphatic rings. The standard InChI is InChI=1S/C17H26FN3O2.HI/c1-19-16(20-9-10-23-12-11-22-2)21-13-17(7-8-17)14-5-3-4-6-15(14)18;/h3-6H,7-13H2,1-2H3,(H2,19,20,21);1H. The fourth-order valence-corrected chi connectivity index (χ4v) is 2.54. The van der Waals surface area contributed by atoms with Crippen molar-refractivity contribution in [3.8, 4) is 0 Å². The van der Waals surface area contributed by atoms with Crippen molar-refractivity contribution in [3.05, 3.63) is 35.6 Å². The van der Waals surface area contributed by atoms with Gasteiger partial charge < -0.3 is 20.1 Å². The predicted octanol–water partition coefficient (Wildman–Crippen LogP) is 2.30. The second kappa shape index (κ2) is 10.8. The highest BCUT2D eigenvalue weighted by molar-refractivity contribution is 14.0. The fourth-order valence-electron chi connectivity index (χ4n) is 2.54. The van der Waals surface area contributed by atoms with Crippen LogP contribution in [0.1, 0.15) is 18.4 Å². The van der Waals surface area contributed by atoms with Crippen LogP contribution in [0.2, 0.25) is 0 Å². The molecule has 7 heteroatoms. The number of hydrogen-bond acceptors (Lipinski definition) is 3. The molecule has 0 amide bonds. The third kappa shape index (κ3) is 6.18. The third-order valence-corrected chi connectivity index (χ3v) is 4.09. The van der Waals surface area contributed by atoms with Gasteiger partial charge >= 0.3 is 0 Å². The fraction of sp³-hybridized carbons (Fsp3) is 0.588. The van der Waals surface area contributed by atoms with Crippen molar-refractivity contribution in [1.82, 2.24) is 10.6 Å². The van der Waals surface area contributed by atoms with E-state index in [4.69, 9.17) is 9.47 Å². The molecule has 0 radical (unpaired) electrons. The van der Waals surface area contributed by atoms with Gasteiger partial charge in [-0.25, -0.2) is 4.39 Å². The van der Waals surface area contributed by atoms with E-state index in [-0.39, 0.29) is 35.2 Å². The van der Waals surface area contributed by atoms with Crippen molar-refractivity contribution in [2.75, 3.05) is 47.1 Å². The third-order valence-electron chi connectivity index (χ3n) is 4.09. The number of guanidine groups is 1. The van der Waals surface area contributed by atoms with Gasteiger partial charge in [-0.15, -0.1) is 24.0 Å². The van der Waals surface area contributed by atoms with Gasteiger partial charge in [0.1, 0.15) is 5.82 Å². The monoisotopic (exact) mass is 451 g/mol. The van der Waals surface area contributed by atoms with Crippen LogP contribution >= 0.6 is 24.0 Å². The maximum absolute atomic E-state index is 14.0. The molecule has 0 aromatic heterocycles. The molecule has 136 valence electrons. The Morgan fingerprint density at radius 2 is 1.96 bits per heavy atom. The van der Waals surface area contributed by atoms with E-state index in [1.807, 2.05) is 12.1 Å². The molecule has 0 heterocycles. The SMILES string of the molecule is CN=C(NCCOCCOC)NCC1(c2ccccc2F)CC1.I. The van der Waals surface area contributed by atoms with E-state index in [0.29, 0.717) is 38.9 Å². The molecule has 0 spiro atoms. The number of hydrogen-bond donors (Lipinski definition) is 2. The summed E-state index contributed by atoms with van der Waals surface area (Å²) in [5.41, 5.74) is 0.698. The maximum atomic E-state index is 14.0. The smallest absolute Gasteiger partial charge is 0.191 e. The Balaban J connectivity index is 0.00000288. The number of aliphatic imine (C=N–C) groups is 1. The zero-order valence-corrected chi connectivity index (χ0v) is 16.6. The molecule has 1 fully saturated rings. The zero-order chi connectivity index (χ0) is 16.5. The Labute approximate surface area is 160 Å². The molecular formula is C17H27FIN3O2. The number of rotatable bonds is 9. The average molecular weight is 451 g/mol. The lowest BCUT2D eigenvalue weighted by molar-refractivity contribution is 0.0733. The summed E-state index contributed by atoms with van der Waals surface area (Å²) < 4.78 is 24.3. The molecule has 1 aliphatic carbocycles. The average Bonchev–Trinajstić information content (AvgIpc) is 3.35. The van der Waals surface area contributed by atoms with Crippen LogP contribution in [0.15, 0.2) is 29.3 Å². The highest BCUT2D eigenvalue weighted by Crippen LogP contribution is 2.48. The van der Waals surface area contributed by atoms with Gasteiger partial charge in [-0.05, 0) is 24.5 Å². The van der Waals surface area contributed by atoms with E-state index < -0.39 is 0 Å². The molecule has 5 nitrogen and oxygen atoms in total. The minimum absolute atomic E-state index is 0. The van der Waals surface area contributed by atoms with Crippen molar-refractivity contribution in [2.24, 2.45) is 4.99 Å². The summed E-state index contributed by atoms with van der Waals surface area (Å²) in [4.78, 5) is 4.19. The number of halogens is 2. The lowest BCUT2D eigenvalue weighted by Gasteiger charge is -2.19. The first-order chi connectivity index (χ1) is 11.2. The molecule has 0 unspecified atom stereocenters. The van der Waals surface area contributed by atoms with Crippen LogP contribution in [-0.2, 0) is 14.9 Å². The highest BCUT2D eigenvalue weighted by Gasteiger charge is 2.45. The molecule has 0 bridgehead atoms. The van der Waals surface area contributed by atoms with E-state index in [1.165, 1.54) is 6.07 Å². The number of nitrogens with zero attached hydrogens (tertiary/aromatic N) is 1. The summed E-state index contributed by atoms with van der Waals surface area (Å²) in [6.45, 7) is 3.11. The molecule has 24 heavy (non-hydrogen) atoms. The van der Waals surface area contributed by atoms with Gasteiger partial charge in [-0.2, -0.15) is 0 Å². The van der Waals surface area contributed by atoms with E-state index >= 15 is 0 Å². The quantitative estimate of drug-likeness (QED) is 0.262. The van der Waals surface area contributed by atoms with Crippen LogP contribution in [-0.4, -0.2) is 53.0 Å². The summed E-state index contributed by atoms with van der Waals surface area (Å²) in [7, 11) is 3.38. The minimum Gasteiger partial charge on any atom is -0.382 e. The Morgan fingerprint density at radius 3 is 2.58 bits per heavy atom. The molecular weight excluding hydrogens is 424 g/mol. The number of benzene rings is 1. The van der Waals surface area contributed by atoms with E-state index in [1.54, 1.807) is 20.2 Å². The topological polar surface area (TPSA) is 54.9 Å². The van der Waals surface area contributed by atoms with Crippen molar-refractivity contribution in [2.45, 2.75) is 18.3 Å². The summed E-state index contributed by atoms with van der Waals surface area (Å²) in [5.74, 6) is 0.587. The van der Waals surface area contributed by atoms with Crippen LogP contribution in [0, 0.1) is 5.82 Å². The minimum atomic E-state index is -0.124. The van der Waals surface area contributed by atoms with Crippen molar-refractivity contribution in [3.63, 3.8) is 0 Å². The molecule has 1 aromatic carbocycles. The van der Waals surface area contributed by atoms with Gasteiger partial charge in [-0.3, -0.25) is 4.99 Å². The lowest BCUT2D eigenvalue weighted by atomic mass is 9.95. The Bertz CT molecular complexity index is 524. The van der Waals surface area contributed by atoms with E-state index in [2.05, 4.69) is 15.6 Å². The molecule has 0 atom stereocenters. The van der Waals surface area contributed by atoms with Gasteiger partial charge in [0.25, 0.3) is 0 Å². The van der Waals surface area contributed by atoms with Crippen LogP contribution in [0.25, 0.3) is 0 Å². The summed E-state index contributed by atoms with van der Waals surface area (Å²) in [6.07, 6.45) is 2.00. The number of nitrogens with one attached hydrogen (secondary N) is 2. The van der Waals surface area contributed by atoms with Gasteiger partial charge in [0.05, 0.1) is 19.8 Å². The summed E-state index contributed by atoms with van der Waals surface area (Å²) >= 11 is 0. The first-order valence-corrected chi connectivity index (χ1v) is 7.98. The highest BCUT2D eigenvalue weighted by atomic mass is 127. The van der Waals surface area contributed by atoms with Gasteiger partial charge in [0.2, 0.25) is 0 Å². The molecule has 1 saturated carbocycles. The van der Waals surface area contributed by atoms with Gasteiger partial charge in [-0.1, -0.05) is 18.2 Å². The molecule has 0 aliphatic heterocycles. The van der Waals surface area contributed by atoms with Crippen LogP contribution < -0.4 is 10.6 Å². The van der Waals surface area contributed by atoms with Crippen LogP contribution in [0.3, 0.4) is 0 Å². The van der Waals surface area contributed by atoms with Crippen LogP contribution in [0.5, 0.6) is 0 Å². The van der Waals surface area contributed by atoms with Crippen molar-refractivity contribution in [1.29, 1.82) is 0 Å². The lowest BCUT2D eigenvalue weighted by Crippen LogP contribution is -2.42. The molecule has 1 aromatic rings. The number of methoxy groups -OCH3 is 1. The van der Waals surface area contributed by atoms with Gasteiger partial charge in [0, 0.05) is 32.7 Å². The number of ether oxygens (including phenoxy) is 2. The Kier molecular flexibility index (Phi) is 9.53. The summed E-state index contributed by atoms with van der Waals surface area (Å²) in [5, 5.41) is 6.48. The van der Waals surface area contributed by atoms with Crippen LogP contribution in [0.4, 0.5) is 4.39 Å². The molecule has 2 rings (SSSR count). The van der Waals surface area contributed by atoms with Crippen molar-refractivity contribution < 1.29 is 13.9 Å². The second-order valence-corrected chi connectivity index (χ2v) is 5.72. The summed E-state index contributed by atoms with van der Waals surface area (Å²) in [6, 6.07) is 7.03. The maximum Gasteiger partial charge on any atom is 0.191 e. The second-order valence-electron chi connectivity index (χ2n) is 5.72. The Hall–Kier alpha value is -0.930. The zero-order valence-electron chi connectivity index (χ0n) is 14.3. The Morgan fingerprint density at radius 1 is 1.21 bits per heavy atom. The normalized spacial score (nSPS) is 15.5. The predicted molar refractivity (Wildman–Crippen MR) is 105 cm³/mol. The first kappa shape index (κ1) is 21.1. The molecule has 2 N–H and O–H groups in total. The van der Waals surface area contributed by atoms with Crippen molar-refractivity contribution >= 4 is 29.9 Å². The molecule has 0 saturated heterocycles. The first-order valence-electron chi connectivity index (χ1n) is 7.98. The van der Waals surface area contributed by atoms with E-state index in [0.717, 1.165) is 18.4 Å². The van der Waals surface area contributed by atoms with E-state index in [9.17, 15) is 4.39 Å². The largest absolute Gasteiger partial charge is 0.382 e. The van der Waals surface area contributed by atoms with Gasteiger partial charge in [0.15, 0.2) is 5.96 Å².